The van der Waals surface area contributed by atoms with Crippen molar-refractivity contribution in [3.05, 3.63) is 58.1 Å². The number of aryl methyl sites for hydroxylation is 1. The number of nitrogens with one attached hydrogen (secondary N) is 2. The maximum absolute atomic E-state index is 12.1. The molecule has 0 aliphatic heterocycles. The molecule has 0 heterocycles. The van der Waals surface area contributed by atoms with E-state index >= 15 is 0 Å². The molecule has 25 heavy (non-hydrogen) atoms. The first-order valence-corrected chi connectivity index (χ1v) is 9.28. The number of hydrogen-bond donors (Lipinski definition) is 2. The van der Waals surface area contributed by atoms with Crippen LogP contribution in [0.4, 0.5) is 5.69 Å². The Morgan fingerprint density at radius 3 is 2.60 bits per heavy atom. The highest BCUT2D eigenvalue weighted by Crippen LogP contribution is 2.23. The highest BCUT2D eigenvalue weighted by Gasteiger charge is 2.09. The molecule has 0 radical (unpaired) electrons. The maximum Gasteiger partial charge on any atom is 0.262 e. The molecule has 0 saturated heterocycles. The van der Waals surface area contributed by atoms with Gasteiger partial charge in [0.2, 0.25) is 0 Å². The lowest BCUT2D eigenvalue weighted by molar-refractivity contribution is -0.118. The maximum atomic E-state index is 12.1. The molecule has 0 bridgehead atoms. The second kappa shape index (κ2) is 9.59. The molecule has 0 unspecified atom stereocenters. The zero-order valence-corrected chi connectivity index (χ0v) is 16.5. The van der Waals surface area contributed by atoms with E-state index in [4.69, 9.17) is 4.74 Å². The van der Waals surface area contributed by atoms with Gasteiger partial charge in [0, 0.05) is 28.3 Å². The number of amides is 1. The van der Waals surface area contributed by atoms with Crippen LogP contribution in [-0.2, 0) is 11.3 Å². The van der Waals surface area contributed by atoms with E-state index in [1.54, 1.807) is 0 Å². The number of anilines is 1. The zero-order valence-electron chi connectivity index (χ0n) is 14.9. The number of hydrogen-bond acceptors (Lipinski definition) is 3. The molecule has 2 aromatic rings. The lowest BCUT2D eigenvalue weighted by atomic mass is 10.2. The number of benzene rings is 2. The van der Waals surface area contributed by atoms with Crippen molar-refractivity contribution in [1.29, 1.82) is 0 Å². The number of halogens is 1. The van der Waals surface area contributed by atoms with E-state index in [0.29, 0.717) is 12.6 Å². The quantitative estimate of drug-likeness (QED) is 0.672. The average molecular weight is 405 g/mol. The van der Waals surface area contributed by atoms with Gasteiger partial charge in [0.15, 0.2) is 6.61 Å². The Labute approximate surface area is 158 Å². The second-order valence-electron chi connectivity index (χ2n) is 6.15. The summed E-state index contributed by atoms with van der Waals surface area (Å²) in [5.41, 5.74) is 2.95. The topological polar surface area (TPSA) is 50.4 Å². The lowest BCUT2D eigenvalue weighted by Crippen LogP contribution is -2.25. The summed E-state index contributed by atoms with van der Waals surface area (Å²) in [5.74, 6) is 0.547. The molecular formula is C20H25BrN2O2. The highest BCUT2D eigenvalue weighted by molar-refractivity contribution is 9.10. The molecule has 134 valence electrons. The van der Waals surface area contributed by atoms with E-state index < -0.39 is 0 Å². The van der Waals surface area contributed by atoms with Crippen molar-refractivity contribution in [3.63, 3.8) is 0 Å². The minimum atomic E-state index is -0.174. The van der Waals surface area contributed by atoms with Gasteiger partial charge in [0.05, 0.1) is 0 Å². The summed E-state index contributed by atoms with van der Waals surface area (Å²) in [5, 5.41) is 6.29. The SMILES string of the molecule is CC[C@H](C)NCc1cc(Br)ccc1OCC(=O)Nc1ccc(C)cc1. The van der Waals surface area contributed by atoms with Crippen molar-refractivity contribution in [3.8, 4) is 5.75 Å². The molecule has 2 rings (SSSR count). The van der Waals surface area contributed by atoms with Crippen molar-refractivity contribution < 1.29 is 9.53 Å². The molecule has 0 spiro atoms. The van der Waals surface area contributed by atoms with Crippen LogP contribution in [-0.4, -0.2) is 18.6 Å². The predicted octanol–water partition coefficient (Wildman–Crippen LogP) is 4.66. The minimum Gasteiger partial charge on any atom is -0.483 e. The number of carbonyl (C=O) groups excluding carboxylic acids is 1. The summed E-state index contributed by atoms with van der Waals surface area (Å²) in [4.78, 5) is 12.1. The normalized spacial score (nSPS) is 11.8. The highest BCUT2D eigenvalue weighted by atomic mass is 79.9. The van der Waals surface area contributed by atoms with E-state index in [2.05, 4.69) is 40.4 Å². The third-order valence-electron chi connectivity index (χ3n) is 3.97. The Hall–Kier alpha value is -1.85. The van der Waals surface area contributed by atoms with Crippen LogP contribution < -0.4 is 15.4 Å². The Balaban J connectivity index is 1.94. The van der Waals surface area contributed by atoms with E-state index in [1.165, 1.54) is 0 Å². The molecule has 0 fully saturated rings. The van der Waals surface area contributed by atoms with Crippen LogP contribution in [0.1, 0.15) is 31.4 Å². The fourth-order valence-corrected chi connectivity index (χ4v) is 2.64. The van der Waals surface area contributed by atoms with Crippen LogP contribution in [0.5, 0.6) is 5.75 Å². The summed E-state index contributed by atoms with van der Waals surface area (Å²) >= 11 is 3.49. The standard InChI is InChI=1S/C20H25BrN2O2/c1-4-15(3)22-12-16-11-17(21)7-10-19(16)25-13-20(24)23-18-8-5-14(2)6-9-18/h5-11,15,22H,4,12-13H2,1-3H3,(H,23,24)/t15-/m0/s1. The first-order chi connectivity index (χ1) is 12.0. The van der Waals surface area contributed by atoms with Gasteiger partial charge >= 0.3 is 0 Å². The molecule has 1 atom stereocenters. The van der Waals surface area contributed by atoms with Crippen LogP contribution in [0, 0.1) is 6.92 Å². The summed E-state index contributed by atoms with van der Waals surface area (Å²) in [6.45, 7) is 6.98. The molecule has 2 N–H and O–H groups in total. The van der Waals surface area contributed by atoms with Gasteiger partial charge in [-0.05, 0) is 50.6 Å². The zero-order chi connectivity index (χ0) is 18.2. The molecule has 0 saturated carbocycles. The molecule has 2 aromatic carbocycles. The fraction of sp³-hybridized carbons (Fsp3) is 0.350. The smallest absolute Gasteiger partial charge is 0.262 e. The van der Waals surface area contributed by atoms with E-state index in [0.717, 1.165) is 33.5 Å². The van der Waals surface area contributed by atoms with Gasteiger partial charge in [0.1, 0.15) is 5.75 Å². The van der Waals surface area contributed by atoms with E-state index in [9.17, 15) is 4.79 Å². The van der Waals surface area contributed by atoms with Gasteiger partial charge in [0.25, 0.3) is 5.91 Å². The number of ether oxygens (including phenoxy) is 1. The minimum absolute atomic E-state index is 0.0220. The lowest BCUT2D eigenvalue weighted by Gasteiger charge is -2.15. The van der Waals surface area contributed by atoms with Gasteiger partial charge in [-0.1, -0.05) is 40.5 Å². The number of rotatable bonds is 8. The van der Waals surface area contributed by atoms with Crippen molar-refractivity contribution in [2.45, 2.75) is 39.8 Å². The van der Waals surface area contributed by atoms with Crippen LogP contribution in [0.25, 0.3) is 0 Å². The largest absolute Gasteiger partial charge is 0.483 e. The molecule has 4 nitrogen and oxygen atoms in total. The van der Waals surface area contributed by atoms with Crippen molar-refractivity contribution in [2.75, 3.05) is 11.9 Å². The third-order valence-corrected chi connectivity index (χ3v) is 4.46. The van der Waals surface area contributed by atoms with Crippen molar-refractivity contribution in [1.82, 2.24) is 5.32 Å². The van der Waals surface area contributed by atoms with Crippen LogP contribution in [0.2, 0.25) is 0 Å². The van der Waals surface area contributed by atoms with Crippen LogP contribution in [0.15, 0.2) is 46.9 Å². The van der Waals surface area contributed by atoms with Crippen molar-refractivity contribution in [2.24, 2.45) is 0 Å². The molecular weight excluding hydrogens is 380 g/mol. The summed E-state index contributed by atoms with van der Waals surface area (Å²) in [6.07, 6.45) is 1.06. The summed E-state index contributed by atoms with van der Waals surface area (Å²) in [7, 11) is 0. The Morgan fingerprint density at radius 1 is 1.20 bits per heavy atom. The molecule has 0 aliphatic rings. The molecule has 0 aromatic heterocycles. The van der Waals surface area contributed by atoms with Crippen molar-refractivity contribution >= 4 is 27.5 Å². The number of carbonyl (C=O) groups is 1. The first kappa shape index (κ1) is 19.5. The Morgan fingerprint density at radius 2 is 1.92 bits per heavy atom. The molecule has 5 heteroatoms. The summed E-state index contributed by atoms with van der Waals surface area (Å²) in [6, 6.07) is 13.9. The van der Waals surface area contributed by atoms with Gasteiger partial charge in [-0.15, -0.1) is 0 Å². The second-order valence-corrected chi connectivity index (χ2v) is 7.06. The Bertz CT molecular complexity index is 701. The summed E-state index contributed by atoms with van der Waals surface area (Å²) < 4.78 is 6.73. The van der Waals surface area contributed by atoms with E-state index in [-0.39, 0.29) is 12.5 Å². The van der Waals surface area contributed by atoms with Gasteiger partial charge in [-0.3, -0.25) is 4.79 Å². The predicted molar refractivity (Wildman–Crippen MR) is 106 cm³/mol. The molecule has 0 aliphatic carbocycles. The van der Waals surface area contributed by atoms with Gasteiger partial charge < -0.3 is 15.4 Å². The average Bonchev–Trinajstić information content (AvgIpc) is 2.60. The third kappa shape index (κ3) is 6.52. The monoisotopic (exact) mass is 404 g/mol. The van der Waals surface area contributed by atoms with Gasteiger partial charge in [-0.25, -0.2) is 0 Å². The fourth-order valence-electron chi connectivity index (χ4n) is 2.23. The Kier molecular flexibility index (Phi) is 7.47. The van der Waals surface area contributed by atoms with Crippen LogP contribution in [0.3, 0.4) is 0 Å². The first-order valence-electron chi connectivity index (χ1n) is 8.49. The van der Waals surface area contributed by atoms with Gasteiger partial charge in [-0.2, -0.15) is 0 Å². The van der Waals surface area contributed by atoms with Crippen LogP contribution >= 0.6 is 15.9 Å². The van der Waals surface area contributed by atoms with E-state index in [1.807, 2.05) is 49.4 Å². The molecule has 1 amide bonds.